The lowest BCUT2D eigenvalue weighted by atomic mass is 10.1. The Kier molecular flexibility index (Phi) is 8.77. The Labute approximate surface area is 198 Å². The van der Waals surface area contributed by atoms with E-state index in [0.29, 0.717) is 10.8 Å². The first-order valence-corrected chi connectivity index (χ1v) is 12.1. The Hall–Kier alpha value is -2.49. The molecule has 0 aliphatic heterocycles. The number of halogens is 2. The number of hydrogen-bond acceptors (Lipinski definition) is 5. The normalized spacial score (nSPS) is 12.1. The van der Waals surface area contributed by atoms with Crippen molar-refractivity contribution >= 4 is 50.7 Å². The number of carbonyl (C=O) groups excluding carboxylic acids is 2. The maximum Gasteiger partial charge on any atom is 0.244 e. The van der Waals surface area contributed by atoms with Crippen LogP contribution in [0.4, 0.5) is 5.69 Å². The molecule has 0 radical (unpaired) electrons. The molecule has 0 aromatic heterocycles. The minimum atomic E-state index is -3.87. The molecule has 0 fully saturated rings. The van der Waals surface area contributed by atoms with Crippen molar-refractivity contribution in [3.63, 3.8) is 0 Å². The third kappa shape index (κ3) is 6.51. The molecule has 0 saturated heterocycles. The molecule has 0 bridgehead atoms. The number of likely N-dealkylation sites (N-methyl/N-ethyl adjacent to an activating group) is 1. The third-order valence-electron chi connectivity index (χ3n) is 4.78. The number of sulfonamides is 1. The van der Waals surface area contributed by atoms with Crippen molar-refractivity contribution in [3.05, 3.63) is 58.1 Å². The molecule has 2 aromatic carbocycles. The second-order valence-corrected chi connectivity index (χ2v) is 9.78. The highest BCUT2D eigenvalue weighted by Crippen LogP contribution is 2.30. The van der Waals surface area contributed by atoms with E-state index in [1.54, 1.807) is 38.3 Å². The number of anilines is 1. The summed E-state index contributed by atoms with van der Waals surface area (Å²) in [5.41, 5.74) is 0.856. The molecule has 11 heteroatoms. The van der Waals surface area contributed by atoms with Crippen LogP contribution in [0.15, 0.2) is 42.5 Å². The van der Waals surface area contributed by atoms with Gasteiger partial charge in [-0.05, 0) is 42.8 Å². The van der Waals surface area contributed by atoms with E-state index in [1.807, 2.05) is 0 Å². The summed E-state index contributed by atoms with van der Waals surface area (Å²) >= 11 is 12.1. The van der Waals surface area contributed by atoms with Gasteiger partial charge in [-0.25, -0.2) is 8.42 Å². The van der Waals surface area contributed by atoms with Crippen LogP contribution in [0.25, 0.3) is 0 Å². The Morgan fingerprint density at radius 3 is 2.25 bits per heavy atom. The molecule has 2 rings (SSSR count). The summed E-state index contributed by atoms with van der Waals surface area (Å²) in [5, 5.41) is 2.92. The number of nitrogens with zero attached hydrogens (tertiary/aromatic N) is 2. The van der Waals surface area contributed by atoms with E-state index in [9.17, 15) is 18.0 Å². The van der Waals surface area contributed by atoms with Gasteiger partial charge in [0.1, 0.15) is 18.3 Å². The molecule has 0 aliphatic carbocycles. The van der Waals surface area contributed by atoms with Crippen molar-refractivity contribution in [2.75, 3.05) is 31.3 Å². The fraction of sp³-hybridized carbons (Fsp3) is 0.333. The number of nitrogens with one attached hydrogen (secondary N) is 1. The summed E-state index contributed by atoms with van der Waals surface area (Å²) in [4.78, 5) is 26.9. The summed E-state index contributed by atoms with van der Waals surface area (Å²) < 4.78 is 31.0. The molecule has 32 heavy (non-hydrogen) atoms. The maximum absolute atomic E-state index is 13.3. The number of amides is 2. The van der Waals surface area contributed by atoms with Gasteiger partial charge in [0.2, 0.25) is 21.8 Å². The van der Waals surface area contributed by atoms with Crippen LogP contribution in [-0.4, -0.2) is 58.1 Å². The van der Waals surface area contributed by atoms with Gasteiger partial charge in [0.05, 0.1) is 24.1 Å². The van der Waals surface area contributed by atoms with Crippen LogP contribution in [0.3, 0.4) is 0 Å². The van der Waals surface area contributed by atoms with Crippen LogP contribution in [0, 0.1) is 0 Å². The van der Waals surface area contributed by atoms with Gasteiger partial charge in [0.25, 0.3) is 0 Å². The minimum Gasteiger partial charge on any atom is -0.497 e. The fourth-order valence-electron chi connectivity index (χ4n) is 3.00. The third-order valence-corrected chi connectivity index (χ3v) is 6.45. The predicted octanol–water partition coefficient (Wildman–Crippen LogP) is 2.93. The van der Waals surface area contributed by atoms with E-state index in [-0.39, 0.29) is 23.2 Å². The summed E-state index contributed by atoms with van der Waals surface area (Å²) in [6, 6.07) is 10.4. The van der Waals surface area contributed by atoms with Crippen molar-refractivity contribution in [3.8, 4) is 5.75 Å². The molecule has 1 N–H and O–H groups in total. The van der Waals surface area contributed by atoms with E-state index in [4.69, 9.17) is 27.9 Å². The molecule has 0 spiro atoms. The van der Waals surface area contributed by atoms with Gasteiger partial charge >= 0.3 is 0 Å². The summed E-state index contributed by atoms with van der Waals surface area (Å²) in [6.45, 7) is 1.11. The quantitative estimate of drug-likeness (QED) is 0.569. The molecule has 8 nitrogen and oxygen atoms in total. The smallest absolute Gasteiger partial charge is 0.244 e. The summed E-state index contributed by atoms with van der Waals surface area (Å²) in [5.74, 6) is -0.317. The molecule has 2 amide bonds. The Balaban J connectivity index is 2.39. The van der Waals surface area contributed by atoms with Crippen molar-refractivity contribution in [1.29, 1.82) is 0 Å². The number of benzene rings is 2. The van der Waals surface area contributed by atoms with Crippen LogP contribution in [-0.2, 0) is 26.2 Å². The predicted molar refractivity (Wildman–Crippen MR) is 126 cm³/mol. The Morgan fingerprint density at radius 2 is 1.75 bits per heavy atom. The molecule has 0 heterocycles. The molecular weight excluding hydrogens is 477 g/mol. The van der Waals surface area contributed by atoms with Crippen LogP contribution in [0.5, 0.6) is 5.75 Å². The van der Waals surface area contributed by atoms with Crippen molar-refractivity contribution in [1.82, 2.24) is 10.2 Å². The van der Waals surface area contributed by atoms with Gasteiger partial charge in [0.15, 0.2) is 0 Å². The molecule has 174 valence electrons. The zero-order valence-corrected chi connectivity index (χ0v) is 20.5. The van der Waals surface area contributed by atoms with Gasteiger partial charge in [0, 0.05) is 18.6 Å². The largest absolute Gasteiger partial charge is 0.497 e. The van der Waals surface area contributed by atoms with Crippen molar-refractivity contribution < 1.29 is 22.7 Å². The molecule has 1 atom stereocenters. The summed E-state index contributed by atoms with van der Waals surface area (Å²) in [7, 11) is -0.869. The zero-order chi connectivity index (χ0) is 24.1. The second kappa shape index (κ2) is 10.9. The molecular formula is C21H25Cl2N3O5S. The number of methoxy groups -OCH3 is 1. The number of hydrogen-bond donors (Lipinski definition) is 1. The van der Waals surface area contributed by atoms with Gasteiger partial charge in [-0.15, -0.1) is 0 Å². The van der Waals surface area contributed by atoms with E-state index in [0.717, 1.165) is 16.1 Å². The van der Waals surface area contributed by atoms with E-state index in [1.165, 1.54) is 30.1 Å². The lowest BCUT2D eigenvalue weighted by Gasteiger charge is -2.31. The first-order chi connectivity index (χ1) is 15.0. The van der Waals surface area contributed by atoms with Crippen molar-refractivity contribution in [2.24, 2.45) is 0 Å². The first-order valence-electron chi connectivity index (χ1n) is 9.54. The van der Waals surface area contributed by atoms with E-state index < -0.39 is 28.5 Å². The Bertz CT molecular complexity index is 1080. The zero-order valence-electron chi connectivity index (χ0n) is 18.1. The highest BCUT2D eigenvalue weighted by molar-refractivity contribution is 7.92. The monoisotopic (exact) mass is 501 g/mol. The highest BCUT2D eigenvalue weighted by atomic mass is 35.5. The van der Waals surface area contributed by atoms with Gasteiger partial charge in [-0.3, -0.25) is 13.9 Å². The molecule has 0 saturated carbocycles. The van der Waals surface area contributed by atoms with Gasteiger partial charge in [-0.2, -0.15) is 0 Å². The fourth-order valence-corrected chi connectivity index (χ4v) is 4.42. The lowest BCUT2D eigenvalue weighted by molar-refractivity contribution is -0.139. The van der Waals surface area contributed by atoms with Gasteiger partial charge < -0.3 is 15.0 Å². The van der Waals surface area contributed by atoms with Crippen LogP contribution in [0.1, 0.15) is 12.5 Å². The van der Waals surface area contributed by atoms with Gasteiger partial charge in [-0.1, -0.05) is 35.3 Å². The van der Waals surface area contributed by atoms with Crippen LogP contribution >= 0.6 is 23.2 Å². The highest BCUT2D eigenvalue weighted by Gasteiger charge is 2.30. The first kappa shape index (κ1) is 25.8. The van der Waals surface area contributed by atoms with E-state index in [2.05, 4.69) is 5.32 Å². The summed E-state index contributed by atoms with van der Waals surface area (Å²) in [6.07, 6.45) is 0.973. The molecule has 0 aliphatic rings. The maximum atomic E-state index is 13.3. The second-order valence-electron chi connectivity index (χ2n) is 7.03. The van der Waals surface area contributed by atoms with E-state index >= 15 is 0 Å². The number of rotatable bonds is 9. The molecule has 0 unspecified atom stereocenters. The standard InChI is InChI=1S/C21H25Cl2N3O5S/c1-14(21(28)24-2)25(12-15-5-8-17(31-3)9-6-15)20(27)13-26(32(4,29)30)19-10-7-16(22)11-18(19)23/h5-11,14H,12-13H2,1-4H3,(H,24,28)/t14-/m1/s1. The van der Waals surface area contributed by atoms with Crippen molar-refractivity contribution in [2.45, 2.75) is 19.5 Å². The SMILES string of the molecule is CNC(=O)[C@@H](C)N(Cc1ccc(OC)cc1)C(=O)CN(c1ccc(Cl)cc1Cl)S(C)(=O)=O. The Morgan fingerprint density at radius 1 is 1.12 bits per heavy atom. The van der Waals surface area contributed by atoms with Crippen LogP contribution < -0.4 is 14.4 Å². The topological polar surface area (TPSA) is 96.0 Å². The minimum absolute atomic E-state index is 0.0804. The number of ether oxygens (including phenoxy) is 1. The average molecular weight is 502 g/mol. The van der Waals surface area contributed by atoms with Crippen LogP contribution in [0.2, 0.25) is 10.0 Å². The lowest BCUT2D eigenvalue weighted by Crippen LogP contribution is -2.50. The average Bonchev–Trinajstić information content (AvgIpc) is 2.74. The number of carbonyl (C=O) groups is 2. The molecule has 2 aromatic rings.